The predicted octanol–water partition coefficient (Wildman–Crippen LogP) is 7.06. The molecular formula is C27H26N2. The molecule has 2 nitrogen and oxygen atoms in total. The summed E-state index contributed by atoms with van der Waals surface area (Å²) in [6, 6.07) is 38.0. The molecule has 0 aliphatic rings. The lowest BCUT2D eigenvalue weighted by Gasteiger charge is -2.29. The second kappa shape index (κ2) is 7.84. The smallest absolute Gasteiger partial charge is 0.0461 e. The third kappa shape index (κ3) is 3.88. The van der Waals surface area contributed by atoms with Gasteiger partial charge in [-0.2, -0.15) is 0 Å². The molecule has 4 rings (SSSR count). The molecule has 0 bridgehead atoms. The highest BCUT2D eigenvalue weighted by atomic mass is 15.1. The molecule has 0 aliphatic heterocycles. The van der Waals surface area contributed by atoms with E-state index in [9.17, 15) is 0 Å². The van der Waals surface area contributed by atoms with Gasteiger partial charge in [0.15, 0.2) is 0 Å². The van der Waals surface area contributed by atoms with Crippen LogP contribution in [0.1, 0.15) is 25.0 Å². The third-order valence-electron chi connectivity index (χ3n) is 5.51. The average Bonchev–Trinajstić information content (AvgIpc) is 2.76. The minimum atomic E-state index is -0.101. The Kier molecular flexibility index (Phi) is 5.09. The Morgan fingerprint density at radius 2 is 0.897 bits per heavy atom. The second-order valence-corrected chi connectivity index (χ2v) is 7.80. The molecule has 29 heavy (non-hydrogen) atoms. The lowest BCUT2D eigenvalue weighted by atomic mass is 9.78. The van der Waals surface area contributed by atoms with Crippen molar-refractivity contribution in [3.8, 4) is 0 Å². The zero-order valence-electron chi connectivity index (χ0n) is 16.9. The number of nitrogens with zero attached hydrogens (tertiary/aromatic N) is 1. The fraction of sp³-hybridized carbons (Fsp3) is 0.111. The quantitative estimate of drug-likeness (QED) is 0.376. The molecule has 4 aromatic rings. The van der Waals surface area contributed by atoms with Crippen molar-refractivity contribution in [1.82, 2.24) is 0 Å². The van der Waals surface area contributed by atoms with Crippen molar-refractivity contribution in [2.24, 2.45) is 0 Å². The molecule has 0 aliphatic carbocycles. The highest BCUT2D eigenvalue weighted by Crippen LogP contribution is 2.37. The van der Waals surface area contributed by atoms with E-state index in [0.29, 0.717) is 0 Å². The maximum atomic E-state index is 5.87. The Hall–Kier alpha value is -3.52. The van der Waals surface area contributed by atoms with Crippen LogP contribution in [-0.2, 0) is 5.41 Å². The van der Waals surface area contributed by atoms with E-state index in [1.165, 1.54) is 11.1 Å². The highest BCUT2D eigenvalue weighted by molar-refractivity contribution is 5.76. The summed E-state index contributed by atoms with van der Waals surface area (Å²) in [5, 5.41) is 0. The summed E-state index contributed by atoms with van der Waals surface area (Å²) in [4.78, 5) is 2.28. The first kappa shape index (κ1) is 18.8. The second-order valence-electron chi connectivity index (χ2n) is 7.80. The van der Waals surface area contributed by atoms with Gasteiger partial charge in [0, 0.05) is 28.2 Å². The molecule has 0 amide bonds. The van der Waals surface area contributed by atoms with Gasteiger partial charge in [-0.15, -0.1) is 0 Å². The van der Waals surface area contributed by atoms with Crippen LogP contribution in [0.3, 0.4) is 0 Å². The Morgan fingerprint density at radius 1 is 0.517 bits per heavy atom. The first-order chi connectivity index (χ1) is 14.1. The van der Waals surface area contributed by atoms with Crippen LogP contribution in [0.15, 0.2) is 109 Å². The molecule has 0 unspecified atom stereocenters. The minimum absolute atomic E-state index is 0.101. The van der Waals surface area contributed by atoms with Gasteiger partial charge in [0.2, 0.25) is 0 Å². The van der Waals surface area contributed by atoms with Crippen molar-refractivity contribution < 1.29 is 0 Å². The first-order valence-electron chi connectivity index (χ1n) is 9.92. The topological polar surface area (TPSA) is 29.3 Å². The third-order valence-corrected chi connectivity index (χ3v) is 5.51. The molecule has 0 fully saturated rings. The number of hydrogen-bond donors (Lipinski definition) is 1. The van der Waals surface area contributed by atoms with Crippen LogP contribution in [0.2, 0.25) is 0 Å². The molecule has 144 valence electrons. The van der Waals surface area contributed by atoms with E-state index in [-0.39, 0.29) is 5.41 Å². The maximum Gasteiger partial charge on any atom is 0.0461 e. The van der Waals surface area contributed by atoms with Crippen molar-refractivity contribution in [2.45, 2.75) is 19.3 Å². The highest BCUT2D eigenvalue weighted by Gasteiger charge is 2.23. The number of anilines is 4. The number of benzene rings is 4. The zero-order valence-corrected chi connectivity index (χ0v) is 16.9. The summed E-state index contributed by atoms with van der Waals surface area (Å²) in [7, 11) is 0. The standard InChI is InChI=1S/C27H26N2/c1-27(2,21-13-17-23(28)18-14-21)22-15-19-26(20-16-22)29(24-9-5-3-6-10-24)25-11-7-4-8-12-25/h3-20H,28H2,1-2H3. The van der Waals surface area contributed by atoms with E-state index in [2.05, 4.69) is 104 Å². The largest absolute Gasteiger partial charge is 0.399 e. The number of rotatable bonds is 5. The van der Waals surface area contributed by atoms with Crippen LogP contribution >= 0.6 is 0 Å². The van der Waals surface area contributed by atoms with Gasteiger partial charge in [-0.25, -0.2) is 0 Å². The molecule has 0 heterocycles. The lowest BCUT2D eigenvalue weighted by molar-refractivity contribution is 0.641. The molecule has 0 radical (unpaired) electrons. The van der Waals surface area contributed by atoms with E-state index >= 15 is 0 Å². The first-order valence-corrected chi connectivity index (χ1v) is 9.92. The average molecular weight is 379 g/mol. The van der Waals surface area contributed by atoms with Gasteiger partial charge in [-0.05, 0) is 59.7 Å². The van der Waals surface area contributed by atoms with Crippen LogP contribution in [0, 0.1) is 0 Å². The van der Waals surface area contributed by atoms with E-state index in [0.717, 1.165) is 22.7 Å². The van der Waals surface area contributed by atoms with Crippen molar-refractivity contribution in [3.05, 3.63) is 120 Å². The van der Waals surface area contributed by atoms with Gasteiger partial charge >= 0.3 is 0 Å². The lowest BCUT2D eigenvalue weighted by Crippen LogP contribution is -2.19. The van der Waals surface area contributed by atoms with Crippen molar-refractivity contribution in [3.63, 3.8) is 0 Å². The molecular weight excluding hydrogens is 352 g/mol. The van der Waals surface area contributed by atoms with Gasteiger partial charge in [-0.3, -0.25) is 0 Å². The van der Waals surface area contributed by atoms with Gasteiger partial charge < -0.3 is 10.6 Å². The number of hydrogen-bond acceptors (Lipinski definition) is 2. The van der Waals surface area contributed by atoms with E-state index < -0.39 is 0 Å². The van der Waals surface area contributed by atoms with Crippen LogP contribution in [0.5, 0.6) is 0 Å². The fourth-order valence-corrected chi connectivity index (χ4v) is 3.69. The Balaban J connectivity index is 1.72. The molecule has 0 spiro atoms. The summed E-state index contributed by atoms with van der Waals surface area (Å²) < 4.78 is 0. The Labute approximate surface area is 173 Å². The van der Waals surface area contributed by atoms with Crippen molar-refractivity contribution >= 4 is 22.7 Å². The Bertz CT molecular complexity index is 1010. The number of nitrogen functional groups attached to an aromatic ring is 1. The van der Waals surface area contributed by atoms with Crippen molar-refractivity contribution in [2.75, 3.05) is 10.6 Å². The van der Waals surface area contributed by atoms with E-state index in [1.54, 1.807) is 0 Å². The number of nitrogens with two attached hydrogens (primary N) is 1. The maximum absolute atomic E-state index is 5.87. The summed E-state index contributed by atoms with van der Waals surface area (Å²) in [5.74, 6) is 0. The van der Waals surface area contributed by atoms with E-state index in [4.69, 9.17) is 5.73 Å². The molecule has 0 aromatic heterocycles. The fourth-order valence-electron chi connectivity index (χ4n) is 3.69. The van der Waals surface area contributed by atoms with Crippen LogP contribution in [0.25, 0.3) is 0 Å². The summed E-state index contributed by atoms with van der Waals surface area (Å²) in [5.41, 5.74) is 12.5. The molecule has 4 aromatic carbocycles. The minimum Gasteiger partial charge on any atom is -0.399 e. The SMILES string of the molecule is CC(C)(c1ccc(N)cc1)c1ccc(N(c2ccccc2)c2ccccc2)cc1. The van der Waals surface area contributed by atoms with Crippen LogP contribution in [-0.4, -0.2) is 0 Å². The van der Waals surface area contributed by atoms with Gasteiger partial charge in [-0.1, -0.05) is 74.5 Å². The van der Waals surface area contributed by atoms with Crippen molar-refractivity contribution in [1.29, 1.82) is 0 Å². The Morgan fingerprint density at radius 3 is 1.34 bits per heavy atom. The van der Waals surface area contributed by atoms with Gasteiger partial charge in [0.05, 0.1) is 0 Å². The van der Waals surface area contributed by atoms with Crippen LogP contribution in [0.4, 0.5) is 22.7 Å². The molecule has 0 saturated heterocycles. The molecule has 0 atom stereocenters. The molecule has 2 heteroatoms. The molecule has 0 saturated carbocycles. The van der Waals surface area contributed by atoms with Crippen LogP contribution < -0.4 is 10.6 Å². The summed E-state index contributed by atoms with van der Waals surface area (Å²) in [6.45, 7) is 4.50. The zero-order chi connectivity index (χ0) is 20.3. The predicted molar refractivity (Wildman–Crippen MR) is 124 cm³/mol. The molecule has 2 N–H and O–H groups in total. The van der Waals surface area contributed by atoms with E-state index in [1.807, 2.05) is 24.3 Å². The normalized spacial score (nSPS) is 11.2. The van der Waals surface area contributed by atoms with Gasteiger partial charge in [0.25, 0.3) is 0 Å². The van der Waals surface area contributed by atoms with Gasteiger partial charge in [0.1, 0.15) is 0 Å². The summed E-state index contributed by atoms with van der Waals surface area (Å²) in [6.07, 6.45) is 0. The monoisotopic (exact) mass is 378 g/mol. The number of para-hydroxylation sites is 2. The summed E-state index contributed by atoms with van der Waals surface area (Å²) >= 11 is 0.